The standard InChI is InChI=1S/C21H28N7O9P/c1-12(2)35-19(31)13(3)25-38(33,37-14-7-5-4-6-8-14)34-11-21(26-27-23)17(30)16(29)18(36-21)28-10-9-15(22)24-20(28)32/h4-10,12-13,16-18,29-30H,11H2,1-3H3,(H,25,33)(H2,22,24,32)/t13?,16-,17+,18-,21-,38?/m1/s1. The quantitative estimate of drug-likeness (QED) is 0.101. The van der Waals surface area contributed by atoms with Crippen LogP contribution in [0.5, 0.6) is 5.75 Å². The van der Waals surface area contributed by atoms with Gasteiger partial charge < -0.3 is 29.9 Å². The Bertz CT molecular complexity index is 1290. The number of nitrogens with zero attached hydrogens (tertiary/aromatic N) is 5. The molecule has 6 atom stereocenters. The fraction of sp³-hybridized carbons (Fsp3) is 0.476. The zero-order valence-corrected chi connectivity index (χ0v) is 21.5. The second-order valence-corrected chi connectivity index (χ2v) is 10.2. The molecule has 17 heteroatoms. The smallest absolute Gasteiger partial charge is 0.459 e. The zero-order valence-electron chi connectivity index (χ0n) is 20.6. The maximum Gasteiger partial charge on any atom is 0.459 e. The summed E-state index contributed by atoms with van der Waals surface area (Å²) < 4.78 is 36.3. The number of aromatic nitrogens is 2. The predicted molar refractivity (Wildman–Crippen MR) is 131 cm³/mol. The molecule has 206 valence electrons. The van der Waals surface area contributed by atoms with E-state index in [0.717, 1.165) is 10.8 Å². The van der Waals surface area contributed by atoms with Crippen LogP contribution >= 0.6 is 7.75 Å². The van der Waals surface area contributed by atoms with E-state index in [4.69, 9.17) is 29.8 Å². The lowest BCUT2D eigenvalue weighted by atomic mass is 10.1. The third-order valence-electron chi connectivity index (χ3n) is 5.21. The van der Waals surface area contributed by atoms with Crippen LogP contribution in [0.15, 0.2) is 52.5 Å². The molecule has 1 aromatic carbocycles. The third-order valence-corrected chi connectivity index (χ3v) is 6.83. The molecule has 16 nitrogen and oxygen atoms in total. The average molecular weight is 553 g/mol. The number of carbonyl (C=O) groups is 1. The Kier molecular flexibility index (Phi) is 9.12. The number of anilines is 1. The highest BCUT2D eigenvalue weighted by Crippen LogP contribution is 2.48. The summed E-state index contributed by atoms with van der Waals surface area (Å²) in [7, 11) is -4.47. The zero-order chi connectivity index (χ0) is 28.1. The molecular formula is C21H28N7O9P. The second kappa shape index (κ2) is 11.9. The molecular weight excluding hydrogens is 525 g/mol. The summed E-state index contributed by atoms with van der Waals surface area (Å²) in [6.45, 7) is 3.69. The molecule has 0 saturated carbocycles. The van der Waals surface area contributed by atoms with Crippen molar-refractivity contribution in [1.29, 1.82) is 0 Å². The minimum atomic E-state index is -4.47. The van der Waals surface area contributed by atoms with Crippen molar-refractivity contribution in [2.45, 2.75) is 57.1 Å². The Morgan fingerprint density at radius 1 is 1.34 bits per heavy atom. The fourth-order valence-corrected chi connectivity index (χ4v) is 4.94. The van der Waals surface area contributed by atoms with Gasteiger partial charge in [0, 0.05) is 11.1 Å². The number of nitrogen functional groups attached to an aromatic ring is 1. The Morgan fingerprint density at radius 2 is 2.03 bits per heavy atom. The van der Waals surface area contributed by atoms with Gasteiger partial charge in [-0.25, -0.2) is 9.36 Å². The first-order valence-corrected chi connectivity index (χ1v) is 12.9. The predicted octanol–water partition coefficient (Wildman–Crippen LogP) is 1.22. The first-order valence-electron chi connectivity index (χ1n) is 11.3. The SMILES string of the molecule is CC(C)OC(=O)C(C)NP(=O)(OC[C@@]1(N=[N+]=[N-])O[C@@H](n2ccc(N)nc2=O)[C@H](O)[C@@H]1O)Oc1ccccc1. The summed E-state index contributed by atoms with van der Waals surface area (Å²) in [6.07, 6.45) is -4.65. The van der Waals surface area contributed by atoms with E-state index in [1.807, 2.05) is 0 Å². The molecule has 1 fully saturated rings. The highest BCUT2D eigenvalue weighted by molar-refractivity contribution is 7.52. The number of aliphatic hydroxyl groups excluding tert-OH is 2. The Labute approximate surface area is 216 Å². The lowest BCUT2D eigenvalue weighted by molar-refractivity contribution is -0.149. The van der Waals surface area contributed by atoms with Gasteiger partial charge in [0.2, 0.25) is 5.72 Å². The van der Waals surface area contributed by atoms with Crippen molar-refractivity contribution in [2.24, 2.45) is 5.11 Å². The van der Waals surface area contributed by atoms with E-state index in [0.29, 0.717) is 0 Å². The van der Waals surface area contributed by atoms with Crippen molar-refractivity contribution in [1.82, 2.24) is 14.6 Å². The van der Waals surface area contributed by atoms with Crippen molar-refractivity contribution < 1.29 is 38.1 Å². The van der Waals surface area contributed by atoms with E-state index in [-0.39, 0.29) is 11.6 Å². The fourth-order valence-electron chi connectivity index (χ4n) is 3.43. The molecule has 3 rings (SSSR count). The second-order valence-electron chi connectivity index (χ2n) is 8.53. The van der Waals surface area contributed by atoms with Gasteiger partial charge in [-0.05, 0) is 44.5 Å². The summed E-state index contributed by atoms with van der Waals surface area (Å²) >= 11 is 0. The van der Waals surface area contributed by atoms with Crippen LogP contribution in [0.4, 0.5) is 5.82 Å². The van der Waals surface area contributed by atoms with Gasteiger partial charge in [0.1, 0.15) is 29.8 Å². The molecule has 0 amide bonds. The van der Waals surface area contributed by atoms with Crippen LogP contribution in [0.3, 0.4) is 0 Å². The number of nitrogens with two attached hydrogens (primary N) is 1. The number of para-hydroxylation sites is 1. The van der Waals surface area contributed by atoms with Crippen molar-refractivity contribution in [3.05, 3.63) is 63.5 Å². The summed E-state index contributed by atoms with van der Waals surface area (Å²) in [6, 6.07) is 7.88. The minimum Gasteiger partial charge on any atom is -0.462 e. The normalized spacial score (nSPS) is 25.3. The molecule has 2 unspecified atom stereocenters. The van der Waals surface area contributed by atoms with Crippen LogP contribution < -0.4 is 21.0 Å². The number of hydrogen-bond donors (Lipinski definition) is 4. The molecule has 1 aromatic heterocycles. The van der Waals surface area contributed by atoms with Gasteiger partial charge in [-0.15, -0.1) is 0 Å². The molecule has 1 aliphatic heterocycles. The molecule has 0 aliphatic carbocycles. The maximum absolute atomic E-state index is 13.7. The molecule has 2 heterocycles. The van der Waals surface area contributed by atoms with E-state index in [9.17, 15) is 24.4 Å². The molecule has 1 saturated heterocycles. The van der Waals surface area contributed by atoms with E-state index >= 15 is 0 Å². The van der Waals surface area contributed by atoms with E-state index < -0.39 is 62.3 Å². The lowest BCUT2D eigenvalue weighted by Crippen LogP contribution is -2.45. The van der Waals surface area contributed by atoms with Crippen LogP contribution in [0.2, 0.25) is 0 Å². The lowest BCUT2D eigenvalue weighted by Gasteiger charge is -2.29. The van der Waals surface area contributed by atoms with Crippen molar-refractivity contribution in [2.75, 3.05) is 12.3 Å². The van der Waals surface area contributed by atoms with E-state index in [1.165, 1.54) is 25.1 Å². The van der Waals surface area contributed by atoms with Crippen LogP contribution in [0.25, 0.3) is 10.4 Å². The molecule has 5 N–H and O–H groups in total. The van der Waals surface area contributed by atoms with Crippen molar-refractivity contribution in [3.8, 4) is 5.75 Å². The van der Waals surface area contributed by atoms with Crippen molar-refractivity contribution >= 4 is 19.5 Å². The van der Waals surface area contributed by atoms with Gasteiger partial charge in [-0.1, -0.05) is 23.3 Å². The maximum atomic E-state index is 13.7. The summed E-state index contributed by atoms with van der Waals surface area (Å²) in [5, 5.41) is 27.3. The number of rotatable bonds is 11. The Balaban J connectivity index is 1.90. The highest BCUT2D eigenvalue weighted by Gasteiger charge is 2.56. The van der Waals surface area contributed by atoms with Gasteiger partial charge in [-0.3, -0.25) is 13.9 Å². The first-order chi connectivity index (χ1) is 17.9. The van der Waals surface area contributed by atoms with E-state index in [1.54, 1.807) is 32.0 Å². The molecule has 2 aromatic rings. The number of hydrogen-bond acceptors (Lipinski definition) is 12. The number of ether oxygens (including phenoxy) is 2. The van der Waals surface area contributed by atoms with Crippen LogP contribution in [-0.4, -0.2) is 62.4 Å². The Hall–Kier alpha value is -3.49. The van der Waals surface area contributed by atoms with Crippen LogP contribution in [-0.2, 0) is 23.4 Å². The van der Waals surface area contributed by atoms with Crippen LogP contribution in [0.1, 0.15) is 27.0 Å². The van der Waals surface area contributed by atoms with Crippen LogP contribution in [0, 0.1) is 0 Å². The number of carbonyl (C=O) groups excluding carboxylic acids is 1. The molecule has 1 aliphatic rings. The minimum absolute atomic E-state index is 0.0934. The van der Waals surface area contributed by atoms with Gasteiger partial charge >= 0.3 is 19.4 Å². The number of esters is 1. The first kappa shape index (κ1) is 29.1. The molecule has 0 radical (unpaired) electrons. The van der Waals surface area contributed by atoms with E-state index in [2.05, 4.69) is 20.1 Å². The number of aliphatic hydroxyl groups is 2. The van der Waals surface area contributed by atoms with Gasteiger partial charge in [0.15, 0.2) is 6.23 Å². The average Bonchev–Trinajstić information content (AvgIpc) is 3.09. The topological polar surface area (TPSA) is 233 Å². The number of azide groups is 1. The van der Waals surface area contributed by atoms with Gasteiger partial charge in [-0.2, -0.15) is 10.1 Å². The van der Waals surface area contributed by atoms with Gasteiger partial charge in [0.05, 0.1) is 12.7 Å². The molecule has 38 heavy (non-hydrogen) atoms. The summed E-state index contributed by atoms with van der Waals surface area (Å²) in [5.74, 6) is -0.761. The van der Waals surface area contributed by atoms with Gasteiger partial charge in [0.25, 0.3) is 0 Å². The summed E-state index contributed by atoms with van der Waals surface area (Å²) in [5.41, 5.74) is 11.4. The molecule has 0 spiro atoms. The molecule has 0 bridgehead atoms. The summed E-state index contributed by atoms with van der Waals surface area (Å²) in [4.78, 5) is 30.8. The highest BCUT2D eigenvalue weighted by atomic mass is 31.2. The Morgan fingerprint density at radius 3 is 2.63 bits per heavy atom. The largest absolute Gasteiger partial charge is 0.462 e. The third kappa shape index (κ3) is 6.68. The monoisotopic (exact) mass is 553 g/mol. The number of benzene rings is 1. The van der Waals surface area contributed by atoms with Crippen molar-refractivity contribution in [3.63, 3.8) is 0 Å². The number of nitrogens with one attached hydrogen (secondary N) is 1.